The van der Waals surface area contributed by atoms with Crippen LogP contribution in [0.25, 0.3) is 0 Å². The number of halogens is 3. The Labute approximate surface area is 92.3 Å². The predicted molar refractivity (Wildman–Crippen MR) is 54.7 cm³/mol. The quantitative estimate of drug-likeness (QED) is 0.569. The van der Waals surface area contributed by atoms with Crippen LogP contribution < -0.4 is 0 Å². The van der Waals surface area contributed by atoms with E-state index in [-0.39, 0.29) is 17.3 Å². The topological polar surface area (TPSA) is 17.1 Å². The normalized spacial score (nSPS) is 12.6. The van der Waals surface area contributed by atoms with Crippen molar-refractivity contribution in [3.63, 3.8) is 0 Å². The number of Topliss-reactive ketones (excluding diaryl/α,β-unsaturated/α-hetero) is 1. The Balaban J connectivity index is 3.01. The molecule has 1 nitrogen and oxygen atoms in total. The Morgan fingerprint density at radius 3 is 2.19 bits per heavy atom. The number of ketones is 1. The Bertz CT molecular complexity index is 378. The Kier molecular flexibility index (Phi) is 4.10. The summed E-state index contributed by atoms with van der Waals surface area (Å²) in [4.78, 5) is 11.7. The Morgan fingerprint density at radius 1 is 1.25 bits per heavy atom. The van der Waals surface area contributed by atoms with Crippen molar-refractivity contribution in [2.45, 2.75) is 26.7 Å². The third kappa shape index (κ3) is 2.62. The lowest BCUT2D eigenvalue weighted by Crippen LogP contribution is -2.12. The van der Waals surface area contributed by atoms with Gasteiger partial charge in [0, 0.05) is 11.5 Å². The average molecular weight is 230 g/mol. The van der Waals surface area contributed by atoms with Gasteiger partial charge in [0.05, 0.1) is 0 Å². The summed E-state index contributed by atoms with van der Waals surface area (Å²) in [5.41, 5.74) is -0.114. The maximum absolute atomic E-state index is 12.9. The zero-order valence-electron chi connectivity index (χ0n) is 9.19. The molecule has 0 radical (unpaired) electrons. The number of rotatable bonds is 4. The number of carbonyl (C=O) groups excluding carboxylic acids is 1. The third-order valence-electron chi connectivity index (χ3n) is 2.44. The summed E-state index contributed by atoms with van der Waals surface area (Å²) in [5, 5.41) is 0. The Morgan fingerprint density at radius 2 is 1.75 bits per heavy atom. The molecule has 1 aromatic rings. The molecule has 0 N–H and O–H groups in total. The first-order chi connectivity index (χ1) is 7.47. The van der Waals surface area contributed by atoms with Gasteiger partial charge >= 0.3 is 0 Å². The maximum Gasteiger partial charge on any atom is 0.194 e. The summed E-state index contributed by atoms with van der Waals surface area (Å²) in [6, 6.07) is 1.49. The van der Waals surface area contributed by atoms with E-state index in [1.54, 1.807) is 6.92 Å². The van der Waals surface area contributed by atoms with Gasteiger partial charge in [-0.05, 0) is 18.6 Å². The molecular formula is C12H13F3O. The lowest BCUT2D eigenvalue weighted by Gasteiger charge is -2.09. The van der Waals surface area contributed by atoms with Crippen LogP contribution in [-0.4, -0.2) is 5.78 Å². The van der Waals surface area contributed by atoms with E-state index in [0.717, 1.165) is 18.6 Å². The van der Waals surface area contributed by atoms with Crippen molar-refractivity contribution in [1.29, 1.82) is 0 Å². The van der Waals surface area contributed by atoms with E-state index in [2.05, 4.69) is 0 Å². The number of hydrogen-bond acceptors (Lipinski definition) is 1. The minimum absolute atomic E-state index is 0.114. The number of hydrogen-bond donors (Lipinski definition) is 0. The summed E-state index contributed by atoms with van der Waals surface area (Å²) < 4.78 is 38.4. The molecule has 0 spiro atoms. The van der Waals surface area contributed by atoms with Gasteiger partial charge in [0.1, 0.15) is 0 Å². The van der Waals surface area contributed by atoms with Crippen LogP contribution in [0.5, 0.6) is 0 Å². The molecule has 0 fully saturated rings. The fourth-order valence-electron chi connectivity index (χ4n) is 1.55. The second-order valence-corrected chi connectivity index (χ2v) is 3.81. The molecule has 0 aliphatic carbocycles. The van der Waals surface area contributed by atoms with E-state index in [1.165, 1.54) is 0 Å². The van der Waals surface area contributed by atoms with Crippen LogP contribution in [0.3, 0.4) is 0 Å². The second kappa shape index (κ2) is 5.14. The van der Waals surface area contributed by atoms with E-state index < -0.39 is 17.5 Å². The van der Waals surface area contributed by atoms with Gasteiger partial charge in [-0.15, -0.1) is 0 Å². The highest BCUT2D eigenvalue weighted by atomic mass is 19.2. The molecule has 0 saturated heterocycles. The molecule has 0 aliphatic rings. The fourth-order valence-corrected chi connectivity index (χ4v) is 1.55. The maximum atomic E-state index is 12.9. The van der Waals surface area contributed by atoms with E-state index in [1.807, 2.05) is 6.92 Å². The van der Waals surface area contributed by atoms with Crippen LogP contribution in [0.15, 0.2) is 12.1 Å². The standard InChI is InChI=1S/C12H13F3O/c1-3-4-7(2)12(16)8-5-9(13)11(15)10(14)6-8/h5-7H,3-4H2,1-2H3. The molecule has 1 atom stereocenters. The van der Waals surface area contributed by atoms with Crippen molar-refractivity contribution in [2.24, 2.45) is 5.92 Å². The summed E-state index contributed by atoms with van der Waals surface area (Å²) in [6.45, 7) is 3.60. The van der Waals surface area contributed by atoms with Crippen LogP contribution in [0, 0.1) is 23.4 Å². The lowest BCUT2D eigenvalue weighted by molar-refractivity contribution is 0.0922. The average Bonchev–Trinajstić information content (AvgIpc) is 2.24. The van der Waals surface area contributed by atoms with Gasteiger partial charge in [-0.2, -0.15) is 0 Å². The molecule has 16 heavy (non-hydrogen) atoms. The molecule has 0 aromatic heterocycles. The van der Waals surface area contributed by atoms with Crippen molar-refractivity contribution in [1.82, 2.24) is 0 Å². The fraction of sp³-hybridized carbons (Fsp3) is 0.417. The highest BCUT2D eigenvalue weighted by Gasteiger charge is 2.18. The molecule has 1 unspecified atom stereocenters. The van der Waals surface area contributed by atoms with Crippen LogP contribution in [0.2, 0.25) is 0 Å². The summed E-state index contributed by atoms with van der Waals surface area (Å²) in [5.74, 6) is -4.87. The molecule has 4 heteroatoms. The van der Waals surface area contributed by atoms with Crippen LogP contribution in [0.4, 0.5) is 13.2 Å². The van der Waals surface area contributed by atoms with Gasteiger partial charge in [-0.3, -0.25) is 4.79 Å². The van der Waals surface area contributed by atoms with E-state index in [9.17, 15) is 18.0 Å². The molecule has 1 rings (SSSR count). The number of carbonyl (C=O) groups is 1. The van der Waals surface area contributed by atoms with Crippen molar-refractivity contribution < 1.29 is 18.0 Å². The van der Waals surface area contributed by atoms with Crippen LogP contribution in [0.1, 0.15) is 37.0 Å². The highest BCUT2D eigenvalue weighted by molar-refractivity contribution is 5.97. The molecule has 1 aromatic carbocycles. The van der Waals surface area contributed by atoms with Gasteiger partial charge < -0.3 is 0 Å². The van der Waals surface area contributed by atoms with Crippen molar-refractivity contribution in [3.8, 4) is 0 Å². The van der Waals surface area contributed by atoms with Crippen molar-refractivity contribution >= 4 is 5.78 Å². The third-order valence-corrected chi connectivity index (χ3v) is 2.44. The largest absolute Gasteiger partial charge is 0.294 e. The predicted octanol–water partition coefficient (Wildman–Crippen LogP) is 3.72. The smallest absolute Gasteiger partial charge is 0.194 e. The lowest BCUT2D eigenvalue weighted by atomic mass is 9.95. The molecule has 88 valence electrons. The Hall–Kier alpha value is -1.32. The molecule has 0 heterocycles. The van der Waals surface area contributed by atoms with E-state index in [4.69, 9.17) is 0 Å². The van der Waals surface area contributed by atoms with Crippen LogP contribution in [-0.2, 0) is 0 Å². The first-order valence-corrected chi connectivity index (χ1v) is 5.16. The van der Waals surface area contributed by atoms with Crippen molar-refractivity contribution in [2.75, 3.05) is 0 Å². The van der Waals surface area contributed by atoms with Crippen LogP contribution >= 0.6 is 0 Å². The molecular weight excluding hydrogens is 217 g/mol. The molecule has 0 aliphatic heterocycles. The van der Waals surface area contributed by atoms with E-state index >= 15 is 0 Å². The second-order valence-electron chi connectivity index (χ2n) is 3.81. The van der Waals surface area contributed by atoms with Gasteiger partial charge in [-0.1, -0.05) is 20.3 Å². The van der Waals surface area contributed by atoms with Gasteiger partial charge in [-0.25, -0.2) is 13.2 Å². The van der Waals surface area contributed by atoms with Crippen molar-refractivity contribution in [3.05, 3.63) is 35.1 Å². The first kappa shape index (κ1) is 12.7. The van der Waals surface area contributed by atoms with Gasteiger partial charge in [0.15, 0.2) is 23.2 Å². The minimum atomic E-state index is -1.54. The highest BCUT2D eigenvalue weighted by Crippen LogP contribution is 2.18. The first-order valence-electron chi connectivity index (χ1n) is 5.16. The summed E-state index contributed by atoms with van der Waals surface area (Å²) in [6.07, 6.45) is 1.44. The molecule has 0 bridgehead atoms. The molecule has 0 saturated carbocycles. The zero-order valence-corrected chi connectivity index (χ0v) is 9.19. The van der Waals surface area contributed by atoms with Gasteiger partial charge in [0.25, 0.3) is 0 Å². The minimum Gasteiger partial charge on any atom is -0.294 e. The number of benzene rings is 1. The van der Waals surface area contributed by atoms with Gasteiger partial charge in [0.2, 0.25) is 0 Å². The summed E-state index contributed by atoms with van der Waals surface area (Å²) >= 11 is 0. The summed E-state index contributed by atoms with van der Waals surface area (Å²) in [7, 11) is 0. The SMILES string of the molecule is CCCC(C)C(=O)c1cc(F)c(F)c(F)c1. The van der Waals surface area contributed by atoms with E-state index in [0.29, 0.717) is 6.42 Å². The molecule has 0 amide bonds. The monoisotopic (exact) mass is 230 g/mol. The zero-order chi connectivity index (χ0) is 12.3.